The van der Waals surface area contributed by atoms with Crippen LogP contribution >= 0.6 is 0 Å². The minimum Gasteiger partial charge on any atom is -0.494 e. The minimum absolute atomic E-state index is 0.247. The van der Waals surface area contributed by atoms with Crippen LogP contribution in [0, 0.1) is 0 Å². The summed E-state index contributed by atoms with van der Waals surface area (Å²) in [6.45, 7) is 5.89. The van der Waals surface area contributed by atoms with Crippen LogP contribution in [0.25, 0.3) is 6.08 Å². The molecule has 0 aliphatic carbocycles. The summed E-state index contributed by atoms with van der Waals surface area (Å²) in [5.74, 6) is -0.268. The van der Waals surface area contributed by atoms with Gasteiger partial charge in [0.25, 0.3) is 11.8 Å². The van der Waals surface area contributed by atoms with Gasteiger partial charge in [0, 0.05) is 12.6 Å². The Balaban J connectivity index is 1.54. The van der Waals surface area contributed by atoms with Crippen molar-refractivity contribution in [3.05, 3.63) is 71.4 Å². The van der Waals surface area contributed by atoms with Gasteiger partial charge in [-0.1, -0.05) is 24.3 Å². The molecule has 1 aliphatic rings. The predicted octanol–water partition coefficient (Wildman–Crippen LogP) is 4.45. The van der Waals surface area contributed by atoms with Crippen LogP contribution in [0.2, 0.25) is 0 Å². The smallest absolute Gasteiger partial charge is 0.306 e. The minimum atomic E-state index is -0.488. The van der Waals surface area contributed by atoms with Gasteiger partial charge in [-0.3, -0.25) is 14.4 Å². The van der Waals surface area contributed by atoms with Gasteiger partial charge in [-0.15, -0.1) is 0 Å². The monoisotopic (exact) mass is 407 g/mol. The van der Waals surface area contributed by atoms with E-state index in [4.69, 9.17) is 9.47 Å². The molecule has 0 aromatic heterocycles. The van der Waals surface area contributed by atoms with Crippen LogP contribution in [0.3, 0.4) is 0 Å². The van der Waals surface area contributed by atoms with Gasteiger partial charge < -0.3 is 9.47 Å². The van der Waals surface area contributed by atoms with Crippen molar-refractivity contribution in [3.8, 4) is 5.75 Å². The summed E-state index contributed by atoms with van der Waals surface area (Å²) in [6.07, 6.45) is 4.00. The predicted molar refractivity (Wildman–Crippen MR) is 113 cm³/mol. The SMILES string of the molecule is CC(C)(C)OC(=O)CCCOc1cccc(C=CN2C(=O)c3ccccc3C2=O)c1. The lowest BCUT2D eigenvalue weighted by atomic mass is 10.1. The van der Waals surface area contributed by atoms with Crippen molar-refractivity contribution in [2.24, 2.45) is 0 Å². The molecule has 0 atom stereocenters. The zero-order valence-corrected chi connectivity index (χ0v) is 17.4. The highest BCUT2D eigenvalue weighted by molar-refractivity contribution is 6.22. The number of benzene rings is 2. The largest absolute Gasteiger partial charge is 0.494 e. The summed E-state index contributed by atoms with van der Waals surface area (Å²) in [7, 11) is 0. The van der Waals surface area contributed by atoms with Crippen molar-refractivity contribution >= 4 is 23.9 Å². The van der Waals surface area contributed by atoms with Gasteiger partial charge in [0.05, 0.1) is 17.7 Å². The molecule has 0 spiro atoms. The fraction of sp³-hybridized carbons (Fsp3) is 0.292. The maximum atomic E-state index is 12.4. The summed E-state index contributed by atoms with van der Waals surface area (Å²) in [5.41, 5.74) is 1.12. The zero-order valence-electron chi connectivity index (χ0n) is 17.4. The lowest BCUT2D eigenvalue weighted by molar-refractivity contribution is -0.155. The van der Waals surface area contributed by atoms with Crippen molar-refractivity contribution in [1.29, 1.82) is 0 Å². The van der Waals surface area contributed by atoms with E-state index in [9.17, 15) is 14.4 Å². The molecule has 6 nitrogen and oxygen atoms in total. The summed E-state index contributed by atoms with van der Waals surface area (Å²) < 4.78 is 11.0. The molecule has 0 bridgehead atoms. The molecule has 2 amide bonds. The first-order valence-corrected chi connectivity index (χ1v) is 9.84. The molecule has 0 N–H and O–H groups in total. The van der Waals surface area contributed by atoms with Crippen molar-refractivity contribution in [2.75, 3.05) is 6.61 Å². The maximum Gasteiger partial charge on any atom is 0.306 e. The Morgan fingerprint density at radius 3 is 2.30 bits per heavy atom. The molecule has 3 rings (SSSR count). The van der Waals surface area contributed by atoms with E-state index in [1.165, 1.54) is 6.20 Å². The normalized spacial score (nSPS) is 13.6. The zero-order chi connectivity index (χ0) is 21.7. The third-order valence-corrected chi connectivity index (χ3v) is 4.31. The standard InChI is InChI=1S/C24H25NO5/c1-24(2,3)30-21(26)12-7-15-29-18-9-6-8-17(16-18)13-14-25-22(27)19-10-4-5-11-20(19)23(25)28/h4-6,8-11,13-14,16H,7,12,15H2,1-3H3. The number of esters is 1. The molecular weight excluding hydrogens is 382 g/mol. The second kappa shape index (κ2) is 8.95. The number of rotatable bonds is 7. The molecule has 6 heteroatoms. The van der Waals surface area contributed by atoms with E-state index in [1.807, 2.05) is 45.0 Å². The second-order valence-corrected chi connectivity index (χ2v) is 7.95. The lowest BCUT2D eigenvalue weighted by Gasteiger charge is -2.19. The van der Waals surface area contributed by atoms with E-state index >= 15 is 0 Å². The van der Waals surface area contributed by atoms with Crippen LogP contribution in [0.1, 0.15) is 59.9 Å². The van der Waals surface area contributed by atoms with Crippen molar-refractivity contribution < 1.29 is 23.9 Å². The molecule has 0 saturated heterocycles. The van der Waals surface area contributed by atoms with Crippen molar-refractivity contribution in [1.82, 2.24) is 4.90 Å². The number of imide groups is 1. The van der Waals surface area contributed by atoms with Gasteiger partial charge >= 0.3 is 5.97 Å². The Kier molecular flexibility index (Phi) is 6.35. The van der Waals surface area contributed by atoms with E-state index in [2.05, 4.69) is 0 Å². The van der Waals surface area contributed by atoms with Gasteiger partial charge in [-0.05, 0) is 63.1 Å². The average Bonchev–Trinajstić information content (AvgIpc) is 2.93. The summed E-state index contributed by atoms with van der Waals surface area (Å²) >= 11 is 0. The number of hydrogen-bond acceptors (Lipinski definition) is 5. The topological polar surface area (TPSA) is 72.9 Å². The summed E-state index contributed by atoms with van der Waals surface area (Å²) in [6, 6.07) is 14.1. The van der Waals surface area contributed by atoms with Crippen LogP contribution < -0.4 is 4.74 Å². The third kappa shape index (κ3) is 5.35. The maximum absolute atomic E-state index is 12.4. The quantitative estimate of drug-likeness (QED) is 0.385. The van der Waals surface area contributed by atoms with E-state index in [0.29, 0.717) is 29.9 Å². The highest BCUT2D eigenvalue weighted by Crippen LogP contribution is 2.23. The molecule has 0 saturated carbocycles. The number of fused-ring (bicyclic) bond motifs is 1. The van der Waals surface area contributed by atoms with E-state index in [-0.39, 0.29) is 24.2 Å². The van der Waals surface area contributed by atoms with Gasteiger partial charge in [-0.2, -0.15) is 0 Å². The van der Waals surface area contributed by atoms with Crippen LogP contribution in [0.5, 0.6) is 5.75 Å². The van der Waals surface area contributed by atoms with E-state index in [1.54, 1.807) is 30.3 Å². The summed E-state index contributed by atoms with van der Waals surface area (Å²) in [5, 5.41) is 0. The number of carbonyl (C=O) groups excluding carboxylic acids is 3. The van der Waals surface area contributed by atoms with Crippen LogP contribution in [-0.2, 0) is 9.53 Å². The first-order chi connectivity index (χ1) is 14.2. The van der Waals surface area contributed by atoms with Crippen LogP contribution in [0.15, 0.2) is 54.7 Å². The number of carbonyl (C=O) groups is 3. The fourth-order valence-corrected chi connectivity index (χ4v) is 3.01. The molecule has 0 fully saturated rings. The number of nitrogens with zero attached hydrogens (tertiary/aromatic N) is 1. The van der Waals surface area contributed by atoms with Crippen molar-refractivity contribution in [2.45, 2.75) is 39.2 Å². The van der Waals surface area contributed by atoms with Gasteiger partial charge in [0.1, 0.15) is 11.4 Å². The van der Waals surface area contributed by atoms with E-state index in [0.717, 1.165) is 10.5 Å². The average molecular weight is 407 g/mol. The number of hydrogen-bond donors (Lipinski definition) is 0. The molecule has 0 unspecified atom stereocenters. The molecule has 0 radical (unpaired) electrons. The Bertz CT molecular complexity index is 952. The highest BCUT2D eigenvalue weighted by Gasteiger charge is 2.33. The molecule has 1 aliphatic heterocycles. The van der Waals surface area contributed by atoms with Crippen LogP contribution in [0.4, 0.5) is 0 Å². The lowest BCUT2D eigenvalue weighted by Crippen LogP contribution is -2.23. The second-order valence-electron chi connectivity index (χ2n) is 7.95. The fourth-order valence-electron chi connectivity index (χ4n) is 3.01. The first kappa shape index (κ1) is 21.3. The molecular formula is C24H25NO5. The molecule has 2 aromatic carbocycles. The highest BCUT2D eigenvalue weighted by atomic mass is 16.6. The Morgan fingerprint density at radius 2 is 1.67 bits per heavy atom. The van der Waals surface area contributed by atoms with Gasteiger partial charge in [0.2, 0.25) is 0 Å². The van der Waals surface area contributed by atoms with Crippen molar-refractivity contribution in [3.63, 3.8) is 0 Å². The molecule has 30 heavy (non-hydrogen) atoms. The Morgan fingerprint density at radius 1 is 1.00 bits per heavy atom. The first-order valence-electron chi connectivity index (χ1n) is 9.84. The Labute approximate surface area is 176 Å². The summed E-state index contributed by atoms with van der Waals surface area (Å²) in [4.78, 5) is 37.6. The third-order valence-electron chi connectivity index (χ3n) is 4.31. The molecule has 156 valence electrons. The number of amides is 2. The molecule has 2 aromatic rings. The van der Waals surface area contributed by atoms with Gasteiger partial charge in [-0.25, -0.2) is 4.90 Å². The molecule has 1 heterocycles. The number of ether oxygens (including phenoxy) is 2. The van der Waals surface area contributed by atoms with Crippen LogP contribution in [-0.4, -0.2) is 34.9 Å². The van der Waals surface area contributed by atoms with Gasteiger partial charge in [0.15, 0.2) is 0 Å². The van der Waals surface area contributed by atoms with E-state index < -0.39 is 5.60 Å². The Hall–Kier alpha value is -3.41.